The molecule has 1 fully saturated rings. The largest absolute Gasteiger partial charge is 0.454 e. The van der Waals surface area contributed by atoms with Crippen molar-refractivity contribution >= 4 is 17.5 Å². The number of carbonyl (C=O) groups excluding carboxylic acids is 1. The zero-order valence-corrected chi connectivity index (χ0v) is 13.3. The lowest BCUT2D eigenvalue weighted by molar-refractivity contribution is 0.0729. The number of hydrogen-bond acceptors (Lipinski definition) is 3. The van der Waals surface area contributed by atoms with Crippen LogP contribution in [0.1, 0.15) is 28.8 Å². The van der Waals surface area contributed by atoms with Gasteiger partial charge in [0.25, 0.3) is 5.91 Å². The van der Waals surface area contributed by atoms with E-state index < -0.39 is 0 Å². The van der Waals surface area contributed by atoms with Gasteiger partial charge in [0.15, 0.2) is 11.5 Å². The highest BCUT2D eigenvalue weighted by Crippen LogP contribution is 2.35. The van der Waals surface area contributed by atoms with E-state index in [1.54, 1.807) is 24.3 Å². The number of benzene rings is 2. The lowest BCUT2D eigenvalue weighted by atomic mass is 10.1. The van der Waals surface area contributed by atoms with Crippen LogP contribution in [0.2, 0.25) is 5.02 Å². The second-order valence-corrected chi connectivity index (χ2v) is 6.30. The van der Waals surface area contributed by atoms with Gasteiger partial charge in [-0.15, -0.1) is 0 Å². The predicted molar refractivity (Wildman–Crippen MR) is 86.9 cm³/mol. The number of hydrogen-bond donors (Lipinski definition) is 0. The maximum atomic E-state index is 12.8. The number of ether oxygens (including phenoxy) is 2. The summed E-state index contributed by atoms with van der Waals surface area (Å²) in [7, 11) is 0. The SMILES string of the molecule is O=C(c1ccc(Cl)cc1)N(Cc1ccc2c(c1)OCO2)C1CC1. The van der Waals surface area contributed by atoms with Crippen molar-refractivity contribution < 1.29 is 14.3 Å². The molecule has 0 aromatic heterocycles. The molecule has 1 aliphatic heterocycles. The van der Waals surface area contributed by atoms with Gasteiger partial charge in [-0.2, -0.15) is 0 Å². The number of amides is 1. The number of carbonyl (C=O) groups is 1. The molecule has 5 heteroatoms. The van der Waals surface area contributed by atoms with Crippen molar-refractivity contribution in [1.29, 1.82) is 0 Å². The molecule has 0 saturated heterocycles. The summed E-state index contributed by atoms with van der Waals surface area (Å²) < 4.78 is 10.7. The van der Waals surface area contributed by atoms with Crippen LogP contribution >= 0.6 is 11.6 Å². The Morgan fingerprint density at radius 1 is 1.09 bits per heavy atom. The van der Waals surface area contributed by atoms with Gasteiger partial charge in [-0.05, 0) is 54.8 Å². The lowest BCUT2D eigenvalue weighted by Gasteiger charge is -2.23. The highest BCUT2D eigenvalue weighted by Gasteiger charge is 2.33. The van der Waals surface area contributed by atoms with Crippen LogP contribution in [0.25, 0.3) is 0 Å². The minimum absolute atomic E-state index is 0.0434. The summed E-state index contributed by atoms with van der Waals surface area (Å²) >= 11 is 5.90. The van der Waals surface area contributed by atoms with Crippen LogP contribution in [0, 0.1) is 0 Å². The zero-order valence-electron chi connectivity index (χ0n) is 12.5. The Morgan fingerprint density at radius 3 is 2.57 bits per heavy atom. The van der Waals surface area contributed by atoms with Crippen molar-refractivity contribution in [1.82, 2.24) is 4.90 Å². The molecule has 0 atom stereocenters. The van der Waals surface area contributed by atoms with Gasteiger partial charge in [0.1, 0.15) is 0 Å². The quantitative estimate of drug-likeness (QED) is 0.854. The Kier molecular flexibility index (Phi) is 3.62. The molecule has 118 valence electrons. The molecular formula is C18H16ClNO3. The van der Waals surface area contributed by atoms with Crippen molar-refractivity contribution in [2.75, 3.05) is 6.79 Å². The highest BCUT2D eigenvalue weighted by atomic mass is 35.5. The smallest absolute Gasteiger partial charge is 0.254 e. The first-order valence-electron chi connectivity index (χ1n) is 7.66. The molecule has 1 amide bonds. The second-order valence-electron chi connectivity index (χ2n) is 5.86. The number of fused-ring (bicyclic) bond motifs is 1. The summed E-state index contributed by atoms with van der Waals surface area (Å²) in [5.74, 6) is 1.55. The molecular weight excluding hydrogens is 314 g/mol. The van der Waals surface area contributed by atoms with Crippen LogP contribution in [0.5, 0.6) is 11.5 Å². The van der Waals surface area contributed by atoms with Gasteiger partial charge in [0, 0.05) is 23.2 Å². The maximum absolute atomic E-state index is 12.8. The summed E-state index contributed by atoms with van der Waals surface area (Å²) in [5, 5.41) is 0.635. The van der Waals surface area contributed by atoms with E-state index in [2.05, 4.69) is 0 Å². The highest BCUT2D eigenvalue weighted by molar-refractivity contribution is 6.30. The third-order valence-corrected chi connectivity index (χ3v) is 4.38. The third kappa shape index (κ3) is 2.99. The van der Waals surface area contributed by atoms with Gasteiger partial charge in [0.05, 0.1) is 0 Å². The van der Waals surface area contributed by atoms with Crippen molar-refractivity contribution in [3.63, 3.8) is 0 Å². The van der Waals surface area contributed by atoms with Gasteiger partial charge in [-0.25, -0.2) is 0 Å². The molecule has 4 rings (SSSR count). The molecule has 4 nitrogen and oxygen atoms in total. The van der Waals surface area contributed by atoms with Crippen LogP contribution in [0.4, 0.5) is 0 Å². The Hall–Kier alpha value is -2.20. The summed E-state index contributed by atoms with van der Waals surface area (Å²) in [6.45, 7) is 0.831. The van der Waals surface area contributed by atoms with Crippen LogP contribution in [0.15, 0.2) is 42.5 Å². The van der Waals surface area contributed by atoms with Crippen molar-refractivity contribution in [3.8, 4) is 11.5 Å². The van der Waals surface area contributed by atoms with Gasteiger partial charge >= 0.3 is 0 Å². The molecule has 2 aromatic rings. The fraction of sp³-hybridized carbons (Fsp3) is 0.278. The third-order valence-electron chi connectivity index (χ3n) is 4.13. The predicted octanol–water partition coefficient (Wildman–Crippen LogP) is 3.87. The second kappa shape index (κ2) is 5.78. The Bertz CT molecular complexity index is 740. The molecule has 1 saturated carbocycles. The first kappa shape index (κ1) is 14.4. The van der Waals surface area contributed by atoms with E-state index in [1.807, 2.05) is 23.1 Å². The Balaban J connectivity index is 1.56. The number of nitrogens with zero attached hydrogens (tertiary/aromatic N) is 1. The summed E-state index contributed by atoms with van der Waals surface area (Å²) in [6, 6.07) is 13.2. The molecule has 2 aliphatic rings. The molecule has 0 spiro atoms. The summed E-state index contributed by atoms with van der Waals surface area (Å²) in [5.41, 5.74) is 1.71. The Labute approximate surface area is 139 Å². The minimum atomic E-state index is 0.0434. The van der Waals surface area contributed by atoms with Crippen LogP contribution in [-0.2, 0) is 6.54 Å². The van der Waals surface area contributed by atoms with Crippen molar-refractivity contribution in [2.45, 2.75) is 25.4 Å². The average molecular weight is 330 g/mol. The normalized spacial score (nSPS) is 15.5. The van der Waals surface area contributed by atoms with E-state index >= 15 is 0 Å². The van der Waals surface area contributed by atoms with E-state index in [-0.39, 0.29) is 12.7 Å². The summed E-state index contributed by atoms with van der Waals surface area (Å²) in [6.07, 6.45) is 2.12. The topological polar surface area (TPSA) is 38.8 Å². The first-order valence-corrected chi connectivity index (χ1v) is 8.03. The first-order chi connectivity index (χ1) is 11.2. The average Bonchev–Trinajstić information content (AvgIpc) is 3.30. The maximum Gasteiger partial charge on any atom is 0.254 e. The Morgan fingerprint density at radius 2 is 1.83 bits per heavy atom. The molecule has 0 radical (unpaired) electrons. The van der Waals surface area contributed by atoms with E-state index in [0.29, 0.717) is 23.2 Å². The van der Waals surface area contributed by atoms with Crippen LogP contribution in [0.3, 0.4) is 0 Å². The van der Waals surface area contributed by atoms with Gasteiger partial charge in [-0.1, -0.05) is 17.7 Å². The van der Waals surface area contributed by atoms with E-state index in [1.165, 1.54) is 0 Å². The standard InChI is InChI=1S/C18H16ClNO3/c19-14-4-2-13(3-5-14)18(21)20(15-6-7-15)10-12-1-8-16-17(9-12)23-11-22-16/h1-5,8-9,15H,6-7,10-11H2. The zero-order chi connectivity index (χ0) is 15.8. The summed E-state index contributed by atoms with van der Waals surface area (Å²) in [4.78, 5) is 14.7. The van der Waals surface area contributed by atoms with Crippen molar-refractivity contribution in [2.24, 2.45) is 0 Å². The fourth-order valence-electron chi connectivity index (χ4n) is 2.75. The van der Waals surface area contributed by atoms with Gasteiger partial charge in [0.2, 0.25) is 6.79 Å². The minimum Gasteiger partial charge on any atom is -0.454 e. The van der Waals surface area contributed by atoms with Gasteiger partial charge in [-0.3, -0.25) is 4.79 Å². The fourth-order valence-corrected chi connectivity index (χ4v) is 2.87. The number of rotatable bonds is 4. The molecule has 0 unspecified atom stereocenters. The van der Waals surface area contributed by atoms with Crippen LogP contribution < -0.4 is 9.47 Å². The molecule has 0 bridgehead atoms. The van der Waals surface area contributed by atoms with E-state index in [9.17, 15) is 4.79 Å². The van der Waals surface area contributed by atoms with E-state index in [4.69, 9.17) is 21.1 Å². The number of halogens is 1. The molecule has 1 aliphatic carbocycles. The lowest BCUT2D eigenvalue weighted by Crippen LogP contribution is -2.32. The monoisotopic (exact) mass is 329 g/mol. The molecule has 0 N–H and O–H groups in total. The molecule has 23 heavy (non-hydrogen) atoms. The van der Waals surface area contributed by atoms with Crippen molar-refractivity contribution in [3.05, 3.63) is 58.6 Å². The van der Waals surface area contributed by atoms with Gasteiger partial charge < -0.3 is 14.4 Å². The van der Waals surface area contributed by atoms with E-state index in [0.717, 1.165) is 29.9 Å². The van der Waals surface area contributed by atoms with Crippen LogP contribution in [-0.4, -0.2) is 23.6 Å². The molecule has 2 aromatic carbocycles. The molecule has 1 heterocycles.